The van der Waals surface area contributed by atoms with Gasteiger partial charge in [0.15, 0.2) is 6.04 Å². The van der Waals surface area contributed by atoms with Gasteiger partial charge in [0.2, 0.25) is 0 Å². The van der Waals surface area contributed by atoms with Crippen molar-refractivity contribution in [2.45, 2.75) is 32.0 Å². The molecular formula is C7H14F3N2O+. The van der Waals surface area contributed by atoms with E-state index in [-0.39, 0.29) is 0 Å². The highest BCUT2D eigenvalue weighted by molar-refractivity contribution is 5.80. The van der Waals surface area contributed by atoms with Crippen molar-refractivity contribution in [2.24, 2.45) is 0 Å². The van der Waals surface area contributed by atoms with E-state index in [0.29, 0.717) is 6.42 Å². The predicted molar refractivity (Wildman–Crippen MR) is 40.6 cm³/mol. The van der Waals surface area contributed by atoms with E-state index in [4.69, 9.17) is 0 Å². The van der Waals surface area contributed by atoms with Crippen LogP contribution >= 0.6 is 0 Å². The molecule has 3 nitrogen and oxygen atoms in total. The highest BCUT2D eigenvalue weighted by atomic mass is 19.4. The van der Waals surface area contributed by atoms with Crippen molar-refractivity contribution in [1.82, 2.24) is 5.32 Å². The first-order valence-electron chi connectivity index (χ1n) is 4.04. The van der Waals surface area contributed by atoms with Crippen LogP contribution in [0.2, 0.25) is 0 Å². The number of rotatable bonds is 4. The molecule has 0 fully saturated rings. The van der Waals surface area contributed by atoms with Gasteiger partial charge in [-0.05, 0) is 6.42 Å². The molecule has 13 heavy (non-hydrogen) atoms. The van der Waals surface area contributed by atoms with Gasteiger partial charge in [0.1, 0.15) is 6.54 Å². The fourth-order valence-corrected chi connectivity index (χ4v) is 0.811. The highest BCUT2D eigenvalue weighted by Crippen LogP contribution is 2.12. The van der Waals surface area contributed by atoms with Gasteiger partial charge in [0.25, 0.3) is 5.91 Å². The zero-order valence-corrected chi connectivity index (χ0v) is 7.45. The standard InChI is InChI=1S/C7H13F3N2O/c1-2-3-5(11)6(13)12-4-7(8,9)10/h5H,2-4,11H2,1H3,(H,12,13)/p+1/t5-/m1/s1. The third-order valence-corrected chi connectivity index (χ3v) is 1.47. The largest absolute Gasteiger partial charge is 0.405 e. The Bertz CT molecular complexity index is 170. The van der Waals surface area contributed by atoms with Crippen molar-refractivity contribution in [3.05, 3.63) is 0 Å². The number of alkyl halides is 3. The molecule has 0 saturated heterocycles. The van der Waals surface area contributed by atoms with Crippen molar-refractivity contribution in [3.8, 4) is 0 Å². The number of hydrogen-bond acceptors (Lipinski definition) is 1. The van der Waals surface area contributed by atoms with Gasteiger partial charge in [-0.2, -0.15) is 13.2 Å². The van der Waals surface area contributed by atoms with Gasteiger partial charge < -0.3 is 11.1 Å². The molecule has 0 spiro atoms. The molecule has 6 heteroatoms. The minimum absolute atomic E-state index is 0.504. The van der Waals surface area contributed by atoms with Crippen LogP contribution < -0.4 is 11.1 Å². The van der Waals surface area contributed by atoms with Crippen LogP contribution in [0.25, 0.3) is 0 Å². The molecule has 78 valence electrons. The molecule has 1 amide bonds. The Morgan fingerprint density at radius 1 is 1.54 bits per heavy atom. The second kappa shape index (κ2) is 5.06. The molecule has 0 aliphatic carbocycles. The topological polar surface area (TPSA) is 56.7 Å². The van der Waals surface area contributed by atoms with Crippen LogP contribution in [0.1, 0.15) is 19.8 Å². The molecule has 0 aliphatic heterocycles. The lowest BCUT2D eigenvalue weighted by Gasteiger charge is -2.10. The molecule has 0 aromatic rings. The summed E-state index contributed by atoms with van der Waals surface area (Å²) in [4.78, 5) is 10.9. The Hall–Kier alpha value is -0.780. The summed E-state index contributed by atoms with van der Waals surface area (Å²) in [5.41, 5.74) is 3.45. The normalized spacial score (nSPS) is 13.9. The molecule has 0 heterocycles. The Morgan fingerprint density at radius 3 is 2.46 bits per heavy atom. The number of carbonyl (C=O) groups is 1. The van der Waals surface area contributed by atoms with E-state index >= 15 is 0 Å². The summed E-state index contributed by atoms with van der Waals surface area (Å²) in [7, 11) is 0. The van der Waals surface area contributed by atoms with Gasteiger partial charge in [-0.25, -0.2) is 0 Å². The van der Waals surface area contributed by atoms with E-state index in [1.165, 1.54) is 0 Å². The first-order valence-corrected chi connectivity index (χ1v) is 4.04. The molecule has 0 bridgehead atoms. The monoisotopic (exact) mass is 199 g/mol. The molecule has 4 N–H and O–H groups in total. The van der Waals surface area contributed by atoms with E-state index in [1.54, 1.807) is 5.32 Å². The zero-order valence-electron chi connectivity index (χ0n) is 7.45. The first kappa shape index (κ1) is 12.2. The number of amides is 1. The van der Waals surface area contributed by atoms with Crippen LogP contribution in [0.3, 0.4) is 0 Å². The number of quaternary nitrogens is 1. The molecule has 0 radical (unpaired) electrons. The van der Waals surface area contributed by atoms with Crippen LogP contribution in [0.5, 0.6) is 0 Å². The fourth-order valence-electron chi connectivity index (χ4n) is 0.811. The molecule has 0 aromatic heterocycles. The zero-order chi connectivity index (χ0) is 10.5. The lowest BCUT2D eigenvalue weighted by Crippen LogP contribution is -2.67. The minimum atomic E-state index is -4.35. The maximum Gasteiger partial charge on any atom is 0.405 e. The highest BCUT2D eigenvalue weighted by Gasteiger charge is 2.29. The van der Waals surface area contributed by atoms with E-state index in [0.717, 1.165) is 6.42 Å². The fraction of sp³-hybridized carbons (Fsp3) is 0.857. The van der Waals surface area contributed by atoms with E-state index in [1.807, 2.05) is 6.92 Å². The molecule has 1 atom stereocenters. The third-order valence-electron chi connectivity index (χ3n) is 1.47. The van der Waals surface area contributed by atoms with Gasteiger partial charge in [-0.3, -0.25) is 4.79 Å². The summed E-state index contributed by atoms with van der Waals surface area (Å²) in [6.07, 6.45) is -3.11. The maximum absolute atomic E-state index is 11.6. The SMILES string of the molecule is CCC[C@@H]([NH3+])C(=O)NCC(F)(F)F. The summed E-state index contributed by atoms with van der Waals surface area (Å²) in [5.74, 6) is -0.640. The van der Waals surface area contributed by atoms with Crippen LogP contribution in [0, 0.1) is 0 Å². The number of halogens is 3. The Balaban J connectivity index is 3.74. The Labute approximate surface area is 74.5 Å². The van der Waals surface area contributed by atoms with Crippen molar-refractivity contribution in [3.63, 3.8) is 0 Å². The van der Waals surface area contributed by atoms with E-state index in [9.17, 15) is 18.0 Å². The quantitative estimate of drug-likeness (QED) is 0.661. The first-order chi connectivity index (χ1) is 5.87. The average Bonchev–Trinajstić information content (AvgIpc) is 1.99. The molecule has 0 saturated carbocycles. The number of carbonyl (C=O) groups excluding carboxylic acids is 1. The summed E-state index contributed by atoms with van der Waals surface area (Å²) in [6, 6.07) is -0.590. The lowest BCUT2D eigenvalue weighted by molar-refractivity contribution is -0.405. The van der Waals surface area contributed by atoms with E-state index in [2.05, 4.69) is 5.73 Å². The van der Waals surface area contributed by atoms with Crippen LogP contribution in [-0.4, -0.2) is 24.7 Å². The van der Waals surface area contributed by atoms with Gasteiger partial charge in [0, 0.05) is 6.42 Å². The van der Waals surface area contributed by atoms with Crippen LogP contribution in [0.4, 0.5) is 13.2 Å². The van der Waals surface area contributed by atoms with Crippen molar-refractivity contribution < 1.29 is 23.7 Å². The van der Waals surface area contributed by atoms with Gasteiger partial charge in [0.05, 0.1) is 0 Å². The average molecular weight is 199 g/mol. The summed E-state index contributed by atoms with van der Waals surface area (Å²) >= 11 is 0. The van der Waals surface area contributed by atoms with Crippen molar-refractivity contribution in [1.29, 1.82) is 0 Å². The summed E-state index contributed by atoms with van der Waals surface area (Å²) in [6.45, 7) is 0.566. The van der Waals surface area contributed by atoms with Gasteiger partial charge in [-0.15, -0.1) is 0 Å². The lowest BCUT2D eigenvalue weighted by atomic mass is 10.2. The Morgan fingerprint density at radius 2 is 2.08 bits per heavy atom. The van der Waals surface area contributed by atoms with Gasteiger partial charge in [-0.1, -0.05) is 6.92 Å². The van der Waals surface area contributed by atoms with Gasteiger partial charge >= 0.3 is 6.18 Å². The van der Waals surface area contributed by atoms with Crippen LogP contribution in [-0.2, 0) is 4.79 Å². The molecule has 0 aromatic carbocycles. The van der Waals surface area contributed by atoms with Crippen molar-refractivity contribution >= 4 is 5.91 Å². The maximum atomic E-state index is 11.6. The van der Waals surface area contributed by atoms with E-state index < -0.39 is 24.7 Å². The molecule has 0 unspecified atom stereocenters. The molecular weight excluding hydrogens is 185 g/mol. The molecule has 0 rings (SSSR count). The van der Waals surface area contributed by atoms with Crippen LogP contribution in [0.15, 0.2) is 0 Å². The predicted octanol–water partition coefficient (Wildman–Crippen LogP) is 0.0755. The minimum Gasteiger partial charge on any atom is -0.347 e. The summed E-state index contributed by atoms with van der Waals surface area (Å²) in [5, 5.41) is 1.78. The second-order valence-corrected chi connectivity index (χ2v) is 2.82. The molecule has 0 aliphatic rings. The smallest absolute Gasteiger partial charge is 0.347 e. The number of nitrogens with one attached hydrogen (secondary N) is 1. The Kier molecular flexibility index (Phi) is 4.76. The van der Waals surface area contributed by atoms with Crippen molar-refractivity contribution in [2.75, 3.05) is 6.54 Å². The number of hydrogen-bond donors (Lipinski definition) is 2. The summed E-state index contributed by atoms with van der Waals surface area (Å²) < 4.78 is 34.9. The third kappa shape index (κ3) is 6.39. The second-order valence-electron chi connectivity index (χ2n) is 2.82.